The SMILES string of the molecule is C.CC(=S)CC[C@H]1CN(c2ccc(N3C=NN(C=O)CC3)c(F)c2)C(=O)O1.CCSC(C)=S.IC(I)I.NC[C@H]1CN(c2ccc(N3C=NN(C=O)CC3)c(F)c2)C(=O)O1.[F-].[Na+]. The van der Waals surface area contributed by atoms with Crippen LogP contribution in [-0.4, -0.2) is 120 Å². The number of thiocarbonyl (C=S) groups is 2. The summed E-state index contributed by atoms with van der Waals surface area (Å²) in [6.45, 7) is 8.41. The normalized spacial score (nSPS) is 17.4. The number of anilines is 4. The summed E-state index contributed by atoms with van der Waals surface area (Å²) in [7, 11) is 0. The average Bonchev–Trinajstić information content (AvgIpc) is 3.78. The van der Waals surface area contributed by atoms with Crippen molar-refractivity contribution in [2.24, 2.45) is 15.9 Å². The fraction of sp³-hybridized carbons (Fsp3) is 0.459. The number of carbonyl (C=O) groups is 4. The van der Waals surface area contributed by atoms with Crippen LogP contribution in [0.5, 0.6) is 0 Å². The molecule has 6 rings (SSSR count). The van der Waals surface area contributed by atoms with Gasteiger partial charge in [0, 0.05) is 23.8 Å². The van der Waals surface area contributed by atoms with Gasteiger partial charge in [-0.25, -0.2) is 28.4 Å². The molecule has 4 heterocycles. The largest absolute Gasteiger partial charge is 1.00 e. The third kappa shape index (κ3) is 19.8. The molecule has 0 unspecified atom stereocenters. The average molecular weight is 1270 g/mol. The van der Waals surface area contributed by atoms with Crippen molar-refractivity contribution >= 4 is 173 Å². The number of alkyl halides is 3. The van der Waals surface area contributed by atoms with E-state index in [1.54, 1.807) is 45.8 Å². The minimum absolute atomic E-state index is 0. The molecule has 338 valence electrons. The number of cyclic esters (lactones) is 2. The molecular formula is C37H48F3I3N9NaO6S3. The first kappa shape index (κ1) is 60.3. The molecule has 0 bridgehead atoms. The van der Waals surface area contributed by atoms with Crippen LogP contribution in [0.4, 0.5) is 41.1 Å². The van der Waals surface area contributed by atoms with Gasteiger partial charge in [0.25, 0.3) is 0 Å². The number of halogens is 6. The molecule has 2 aromatic rings. The Kier molecular flexibility index (Phi) is 30.4. The number of hydrogen-bond donors (Lipinski definition) is 1. The third-order valence-electron chi connectivity index (χ3n) is 8.34. The Morgan fingerprint density at radius 1 is 0.855 bits per heavy atom. The van der Waals surface area contributed by atoms with E-state index < -0.39 is 23.8 Å². The number of hydrogen-bond acceptors (Lipinski definition) is 14. The van der Waals surface area contributed by atoms with Crippen LogP contribution >= 0.6 is 104 Å². The maximum Gasteiger partial charge on any atom is 1.00 e. The molecule has 2 N–H and O–H groups in total. The van der Waals surface area contributed by atoms with Gasteiger partial charge >= 0.3 is 41.7 Å². The molecule has 25 heteroatoms. The van der Waals surface area contributed by atoms with E-state index in [1.807, 2.05) is 13.8 Å². The molecule has 4 amide bonds. The van der Waals surface area contributed by atoms with E-state index in [4.69, 9.17) is 39.6 Å². The molecule has 0 spiro atoms. The van der Waals surface area contributed by atoms with Gasteiger partial charge in [-0.2, -0.15) is 10.2 Å². The number of rotatable bonds is 11. The number of amides is 4. The summed E-state index contributed by atoms with van der Waals surface area (Å²) in [5.41, 5.74) is 7.00. The zero-order valence-electron chi connectivity index (χ0n) is 33.7. The Morgan fingerprint density at radius 3 is 1.56 bits per heavy atom. The van der Waals surface area contributed by atoms with Crippen molar-refractivity contribution in [3.05, 3.63) is 48.0 Å². The van der Waals surface area contributed by atoms with E-state index in [1.165, 1.54) is 44.6 Å². The second-order valence-electron chi connectivity index (χ2n) is 12.5. The standard InChI is InChI=1S/C17H19FN4O3S.C14H16FN5O3.C4H8S2.CHI3.CH4.FH.Na/c1-12(26)2-4-14-9-22(17(24)25-14)13-3-5-16(15(18)8-13)20-6-7-21(11-23)19-10-20;15-12-5-10(20-7-11(6-16)23-14(20)22)1-2-13(12)18-3-4-19(9-21)17-8-18;1-3-6-4(2)5;2-1(3)4;;;/h3,5,8,10-11,14H,2,4,6-7,9H2,1H3;1-2,5,8-9,11H,3-4,6-7,16H2;3H2,1-2H3;1H;1H4;1H;/q;;;;;;+1/p-1/t14-;11-;;;;;/m00...../s1. The number of nitrogens with zero attached hydrogens (tertiary/aromatic N) is 8. The maximum atomic E-state index is 14.6. The van der Waals surface area contributed by atoms with Gasteiger partial charge in [-0.3, -0.25) is 19.4 Å². The zero-order valence-corrected chi connectivity index (χ0v) is 44.6. The summed E-state index contributed by atoms with van der Waals surface area (Å²) in [5, 5.41) is 10.3. The van der Waals surface area contributed by atoms with Gasteiger partial charge in [0.15, 0.2) is 0 Å². The fourth-order valence-electron chi connectivity index (χ4n) is 5.53. The fourth-order valence-corrected chi connectivity index (χ4v) is 6.41. The molecule has 0 aliphatic carbocycles. The first-order valence-electron chi connectivity index (χ1n) is 18.0. The molecule has 0 aromatic heterocycles. The quantitative estimate of drug-likeness (QED) is 0.115. The van der Waals surface area contributed by atoms with E-state index in [2.05, 4.69) is 84.9 Å². The second kappa shape index (κ2) is 31.3. The molecule has 2 fully saturated rings. The van der Waals surface area contributed by atoms with E-state index in [9.17, 15) is 28.0 Å². The number of thioether (sulfide) groups is 1. The minimum atomic E-state index is -0.534. The van der Waals surface area contributed by atoms with E-state index in [-0.39, 0.29) is 60.4 Å². The van der Waals surface area contributed by atoms with Crippen LogP contribution in [0, 0.1) is 11.6 Å². The second-order valence-corrected chi connectivity index (χ2v) is 26.5. The van der Waals surface area contributed by atoms with Gasteiger partial charge in [0.05, 0.1) is 48.9 Å². The summed E-state index contributed by atoms with van der Waals surface area (Å²) in [6.07, 6.45) is 3.76. The van der Waals surface area contributed by atoms with Gasteiger partial charge in [-0.05, 0) is 73.7 Å². The summed E-state index contributed by atoms with van der Waals surface area (Å²) in [6, 6.07) is 9.05. The molecule has 0 saturated carbocycles. The van der Waals surface area contributed by atoms with Crippen molar-refractivity contribution in [3.63, 3.8) is 0 Å². The third-order valence-corrected chi connectivity index (χ3v) is 9.60. The Balaban J connectivity index is 0.000000951. The zero-order chi connectivity index (χ0) is 43.6. The number of ether oxygens (including phenoxy) is 2. The minimum Gasteiger partial charge on any atom is -1.00 e. The van der Waals surface area contributed by atoms with Crippen LogP contribution < -0.4 is 59.6 Å². The summed E-state index contributed by atoms with van der Waals surface area (Å²) >= 11 is 18.5. The topological polar surface area (TPSA) is 157 Å². The Morgan fingerprint density at radius 2 is 1.27 bits per heavy atom. The Hall–Kier alpha value is -1.67. The van der Waals surface area contributed by atoms with Crippen LogP contribution in [0.3, 0.4) is 0 Å². The smallest absolute Gasteiger partial charge is 1.00 e. The molecule has 4 aliphatic rings. The molecule has 2 atom stereocenters. The van der Waals surface area contributed by atoms with Gasteiger partial charge in [-0.15, -0.1) is 11.8 Å². The van der Waals surface area contributed by atoms with Gasteiger partial charge < -0.3 is 29.7 Å². The van der Waals surface area contributed by atoms with Crippen molar-refractivity contribution in [3.8, 4) is 0 Å². The molecule has 4 aliphatic heterocycles. The predicted octanol–water partition coefficient (Wildman–Crippen LogP) is 2.18. The van der Waals surface area contributed by atoms with Gasteiger partial charge in [0.1, 0.15) is 36.5 Å². The molecule has 2 saturated heterocycles. The summed E-state index contributed by atoms with van der Waals surface area (Å²) < 4.78 is 41.1. The first-order chi connectivity index (χ1) is 28.1. The van der Waals surface area contributed by atoms with Crippen LogP contribution in [0.25, 0.3) is 0 Å². The Labute approximate surface area is 438 Å². The van der Waals surface area contributed by atoms with Crippen LogP contribution in [0.1, 0.15) is 41.0 Å². The molecular weight excluding hydrogens is 1220 g/mol. The molecule has 62 heavy (non-hydrogen) atoms. The Bertz CT molecular complexity index is 1870. The first-order valence-corrected chi connectivity index (χ1v) is 23.5. The van der Waals surface area contributed by atoms with Crippen molar-refractivity contribution in [1.82, 2.24) is 10.0 Å². The number of carbonyl (C=O) groups excluding carboxylic acids is 4. The van der Waals surface area contributed by atoms with Crippen molar-refractivity contribution in [1.29, 1.82) is 0 Å². The van der Waals surface area contributed by atoms with Crippen LogP contribution in [0.2, 0.25) is 0 Å². The number of benzene rings is 2. The van der Waals surface area contributed by atoms with Crippen LogP contribution in [-0.2, 0) is 19.1 Å². The van der Waals surface area contributed by atoms with Gasteiger partial charge in [-0.1, -0.05) is 107 Å². The van der Waals surface area contributed by atoms with E-state index in [0.717, 1.165) is 14.8 Å². The van der Waals surface area contributed by atoms with Crippen LogP contribution in [0.15, 0.2) is 46.6 Å². The summed E-state index contributed by atoms with van der Waals surface area (Å²) in [5.74, 6) is 0.145. The molecule has 15 nitrogen and oxygen atoms in total. The summed E-state index contributed by atoms with van der Waals surface area (Å²) in [4.78, 5) is 52.0. The van der Waals surface area contributed by atoms with Crippen molar-refractivity contribution < 1.29 is 71.7 Å². The maximum absolute atomic E-state index is 14.6. The van der Waals surface area contributed by atoms with Crippen molar-refractivity contribution in [2.75, 3.05) is 71.2 Å². The van der Waals surface area contributed by atoms with E-state index in [0.29, 0.717) is 87.7 Å². The van der Waals surface area contributed by atoms with E-state index >= 15 is 0 Å². The number of nitrogens with two attached hydrogens (primary N) is 1. The molecule has 0 radical (unpaired) electrons. The van der Waals surface area contributed by atoms with Crippen molar-refractivity contribution in [2.45, 2.75) is 53.2 Å². The van der Waals surface area contributed by atoms with Gasteiger partial charge in [0.2, 0.25) is 12.8 Å². The molecule has 2 aromatic carbocycles. The number of hydrazone groups is 2. The predicted molar refractivity (Wildman–Crippen MR) is 271 cm³/mol. The monoisotopic (exact) mass is 1270 g/mol.